The van der Waals surface area contributed by atoms with Crippen LogP contribution in [0.25, 0.3) is 11.4 Å². The number of hydrogen-bond acceptors (Lipinski definition) is 3. The van der Waals surface area contributed by atoms with E-state index in [1.165, 1.54) is 4.90 Å². The lowest BCUT2D eigenvalue weighted by Gasteiger charge is -2.09. The summed E-state index contributed by atoms with van der Waals surface area (Å²) in [6, 6.07) is 8.15. The minimum absolute atomic E-state index is 0.0636. The van der Waals surface area contributed by atoms with Crippen LogP contribution in [0.2, 0.25) is 0 Å². The zero-order valence-corrected chi connectivity index (χ0v) is 14.7. The molecular weight excluding hydrogens is 383 g/mol. The quantitative estimate of drug-likeness (QED) is 0.616. The van der Waals surface area contributed by atoms with E-state index in [1.807, 2.05) is 12.1 Å². The van der Waals surface area contributed by atoms with Crippen molar-refractivity contribution < 1.29 is 0 Å². The maximum atomic E-state index is 12.0. The van der Waals surface area contributed by atoms with Gasteiger partial charge < -0.3 is 4.98 Å². The van der Waals surface area contributed by atoms with E-state index in [0.717, 1.165) is 17.0 Å². The Balaban J connectivity index is 2.44. The summed E-state index contributed by atoms with van der Waals surface area (Å²) < 4.78 is 0.680. The lowest BCUT2D eigenvalue weighted by Crippen LogP contribution is -2.17. The fourth-order valence-electron chi connectivity index (χ4n) is 1.87. The number of aromatic nitrogens is 2. The largest absolute Gasteiger partial charge is 0.306 e. The van der Waals surface area contributed by atoms with Gasteiger partial charge in [-0.1, -0.05) is 32.9 Å². The van der Waals surface area contributed by atoms with Gasteiger partial charge in [-0.3, -0.25) is 4.79 Å². The minimum atomic E-state index is -0.0636. The van der Waals surface area contributed by atoms with Crippen LogP contribution < -0.4 is 5.56 Å². The van der Waals surface area contributed by atoms with Crippen molar-refractivity contribution in [3.63, 3.8) is 0 Å². The Kier molecular flexibility index (Phi) is 5.26. The van der Waals surface area contributed by atoms with Gasteiger partial charge in [-0.05, 0) is 46.4 Å². The molecule has 20 heavy (non-hydrogen) atoms. The van der Waals surface area contributed by atoms with E-state index in [9.17, 15) is 4.79 Å². The summed E-state index contributed by atoms with van der Waals surface area (Å²) in [6.45, 7) is 6.23. The van der Waals surface area contributed by atoms with Gasteiger partial charge in [0.1, 0.15) is 5.82 Å². The topological polar surface area (TPSA) is 45.8 Å². The van der Waals surface area contributed by atoms with Gasteiger partial charge >= 0.3 is 0 Å². The molecule has 0 amide bonds. The first kappa shape index (κ1) is 15.6. The van der Waals surface area contributed by atoms with Crippen LogP contribution in [0.4, 0.5) is 0 Å². The smallest absolute Gasteiger partial charge is 0.264 e. The molecule has 0 aliphatic heterocycles. The normalized spacial score (nSPS) is 11.1. The average molecular weight is 400 g/mol. The van der Waals surface area contributed by atoms with Crippen LogP contribution in [-0.4, -0.2) is 15.7 Å². The van der Waals surface area contributed by atoms with Crippen molar-refractivity contribution in [2.45, 2.75) is 31.6 Å². The summed E-state index contributed by atoms with van der Waals surface area (Å²) in [6.07, 6.45) is 0. The molecule has 2 rings (SSSR count). The van der Waals surface area contributed by atoms with Crippen molar-refractivity contribution >= 4 is 34.4 Å². The Morgan fingerprint density at radius 2 is 1.95 bits per heavy atom. The number of halogens is 1. The van der Waals surface area contributed by atoms with E-state index in [2.05, 4.69) is 65.5 Å². The molecule has 0 atom stereocenters. The zero-order chi connectivity index (χ0) is 14.7. The first-order valence-corrected chi connectivity index (χ1v) is 8.62. The van der Waals surface area contributed by atoms with E-state index in [1.54, 1.807) is 11.8 Å². The molecule has 1 aromatic heterocycles. The number of nitrogens with zero attached hydrogens (tertiary/aromatic N) is 1. The molecule has 1 N–H and O–H groups in total. The third-order valence-corrected chi connectivity index (χ3v) is 4.81. The highest BCUT2D eigenvalue weighted by Crippen LogP contribution is 2.23. The van der Waals surface area contributed by atoms with E-state index in [4.69, 9.17) is 0 Å². The van der Waals surface area contributed by atoms with Crippen molar-refractivity contribution in [3.05, 3.63) is 43.9 Å². The second-order valence-electron chi connectivity index (χ2n) is 4.73. The highest BCUT2D eigenvalue weighted by atomic mass is 127. The number of thioether (sulfide) groups is 1. The lowest BCUT2D eigenvalue weighted by molar-refractivity contribution is 0.802. The van der Waals surface area contributed by atoms with Crippen LogP contribution in [0, 0.1) is 3.57 Å². The van der Waals surface area contributed by atoms with E-state index in [0.29, 0.717) is 9.39 Å². The summed E-state index contributed by atoms with van der Waals surface area (Å²) in [4.78, 5) is 20.7. The molecule has 0 fully saturated rings. The molecule has 0 aliphatic carbocycles. The fourth-order valence-corrected chi connectivity index (χ4v) is 3.41. The number of hydrogen-bond donors (Lipinski definition) is 1. The molecule has 0 unspecified atom stereocenters. The van der Waals surface area contributed by atoms with Gasteiger partial charge in [0, 0.05) is 10.5 Å². The first-order valence-electron chi connectivity index (χ1n) is 6.55. The van der Waals surface area contributed by atoms with E-state index >= 15 is 0 Å². The van der Waals surface area contributed by atoms with Crippen molar-refractivity contribution in [1.29, 1.82) is 0 Å². The maximum absolute atomic E-state index is 12.0. The van der Waals surface area contributed by atoms with E-state index in [-0.39, 0.29) is 11.5 Å². The number of nitrogens with one attached hydrogen (secondary N) is 1. The van der Waals surface area contributed by atoms with Crippen LogP contribution in [-0.2, 0) is 0 Å². The molecule has 0 spiro atoms. The molecule has 106 valence electrons. The van der Waals surface area contributed by atoms with Crippen LogP contribution in [0.5, 0.6) is 0 Å². The fraction of sp³-hybridized carbons (Fsp3) is 0.333. The zero-order valence-electron chi connectivity index (χ0n) is 11.7. The molecule has 0 radical (unpaired) electrons. The molecule has 0 aliphatic rings. The average Bonchev–Trinajstić information content (AvgIpc) is 2.42. The molecule has 2 aromatic rings. The molecule has 0 saturated heterocycles. The summed E-state index contributed by atoms with van der Waals surface area (Å²) >= 11 is 3.86. The summed E-state index contributed by atoms with van der Waals surface area (Å²) in [5, 5.41) is 0. The van der Waals surface area contributed by atoms with Gasteiger partial charge in [-0.25, -0.2) is 4.98 Å². The molecule has 0 bridgehead atoms. The molecule has 0 saturated carbocycles. The van der Waals surface area contributed by atoms with Crippen molar-refractivity contribution in [2.75, 3.05) is 5.75 Å². The highest BCUT2D eigenvalue weighted by molar-refractivity contribution is 14.1. The summed E-state index contributed by atoms with van der Waals surface area (Å²) in [5.41, 5.74) is 1.74. The van der Waals surface area contributed by atoms with Gasteiger partial charge in [0.25, 0.3) is 5.56 Å². The molecule has 1 heterocycles. The van der Waals surface area contributed by atoms with E-state index < -0.39 is 0 Å². The highest BCUT2D eigenvalue weighted by Gasteiger charge is 2.13. The second kappa shape index (κ2) is 6.76. The van der Waals surface area contributed by atoms with Crippen molar-refractivity contribution in [3.8, 4) is 11.4 Å². The SMILES string of the molecule is CCSc1ccc(-c2nc(C(C)C)c(I)c(=O)[nH]2)cc1. The first-order chi connectivity index (χ1) is 9.52. The number of rotatable bonds is 4. The Bertz CT molecular complexity index is 650. The molecule has 1 aromatic carbocycles. The van der Waals surface area contributed by atoms with Gasteiger partial charge in [-0.2, -0.15) is 0 Å². The summed E-state index contributed by atoms with van der Waals surface area (Å²) in [7, 11) is 0. The van der Waals surface area contributed by atoms with Gasteiger partial charge in [-0.15, -0.1) is 11.8 Å². The van der Waals surface area contributed by atoms with Crippen LogP contribution in [0.3, 0.4) is 0 Å². The third-order valence-electron chi connectivity index (χ3n) is 2.87. The van der Waals surface area contributed by atoms with Crippen molar-refractivity contribution in [1.82, 2.24) is 9.97 Å². The monoisotopic (exact) mass is 400 g/mol. The Hall–Kier alpha value is -0.820. The van der Waals surface area contributed by atoms with Crippen LogP contribution in [0.15, 0.2) is 34.0 Å². The number of benzene rings is 1. The van der Waals surface area contributed by atoms with Gasteiger partial charge in [0.2, 0.25) is 0 Å². The standard InChI is InChI=1S/C15H17IN2OS/c1-4-20-11-7-5-10(6-8-11)14-17-13(9(2)3)12(16)15(19)18-14/h5-9H,4H2,1-3H3,(H,17,18,19). The minimum Gasteiger partial charge on any atom is -0.306 e. The Morgan fingerprint density at radius 3 is 2.50 bits per heavy atom. The van der Waals surface area contributed by atoms with Crippen LogP contribution >= 0.6 is 34.4 Å². The summed E-state index contributed by atoms with van der Waals surface area (Å²) in [5.74, 6) is 1.93. The Morgan fingerprint density at radius 1 is 1.30 bits per heavy atom. The number of aromatic amines is 1. The van der Waals surface area contributed by atoms with Crippen LogP contribution in [0.1, 0.15) is 32.4 Å². The molecular formula is C15H17IN2OS. The maximum Gasteiger partial charge on any atom is 0.264 e. The second-order valence-corrected chi connectivity index (χ2v) is 7.14. The van der Waals surface area contributed by atoms with Crippen molar-refractivity contribution in [2.24, 2.45) is 0 Å². The predicted octanol–water partition coefficient (Wildman–Crippen LogP) is 4.28. The number of H-pyrrole nitrogens is 1. The Labute approximate surface area is 136 Å². The van der Waals surface area contributed by atoms with Gasteiger partial charge in [0.05, 0.1) is 9.26 Å². The third kappa shape index (κ3) is 3.44. The lowest BCUT2D eigenvalue weighted by atomic mass is 10.1. The predicted molar refractivity (Wildman–Crippen MR) is 93.5 cm³/mol. The van der Waals surface area contributed by atoms with Gasteiger partial charge in [0.15, 0.2) is 0 Å². The molecule has 3 nitrogen and oxygen atoms in total. The molecule has 5 heteroatoms.